The van der Waals surface area contributed by atoms with Gasteiger partial charge in [-0.25, -0.2) is 27.7 Å². The first-order chi connectivity index (χ1) is 21.6. The molecule has 1 atom stereocenters. The molecule has 0 spiro atoms. The van der Waals surface area contributed by atoms with Crippen LogP contribution in [0.1, 0.15) is 96.7 Å². The Labute approximate surface area is 276 Å². The molecule has 248 valence electrons. The number of ether oxygens (including phenoxy) is 1. The van der Waals surface area contributed by atoms with Crippen molar-refractivity contribution >= 4 is 39.2 Å². The number of sulfonamides is 1. The van der Waals surface area contributed by atoms with Crippen LogP contribution in [-0.4, -0.2) is 42.7 Å². The molecular weight excluding hydrogens is 623 g/mol. The van der Waals surface area contributed by atoms with Gasteiger partial charge < -0.3 is 20.7 Å². The molecule has 3 saturated carbocycles. The Morgan fingerprint density at radius 1 is 0.957 bits per heavy atom. The fraction of sp³-hybridized carbons (Fsp3) is 0.500. The zero-order valence-electron chi connectivity index (χ0n) is 27.4. The zero-order valence-corrected chi connectivity index (χ0v) is 29.0. The molecular formula is C34H45N5O5S2. The van der Waals surface area contributed by atoms with Gasteiger partial charge in [0, 0.05) is 33.9 Å². The van der Waals surface area contributed by atoms with Crippen LogP contribution >= 0.6 is 11.3 Å². The van der Waals surface area contributed by atoms with E-state index in [1.54, 1.807) is 39.1 Å². The largest absolute Gasteiger partial charge is 0.447 e. The molecule has 46 heavy (non-hydrogen) atoms. The summed E-state index contributed by atoms with van der Waals surface area (Å²) in [6.07, 6.45) is 6.42. The Balaban J connectivity index is 1.38. The highest BCUT2D eigenvalue weighted by molar-refractivity contribution is 7.89. The van der Waals surface area contributed by atoms with Crippen molar-refractivity contribution in [2.24, 2.45) is 0 Å². The first kappa shape index (κ1) is 33.9. The van der Waals surface area contributed by atoms with Crippen molar-refractivity contribution in [1.82, 2.24) is 20.3 Å². The molecule has 12 heteroatoms. The highest BCUT2D eigenvalue weighted by Gasteiger charge is 2.51. The maximum atomic E-state index is 13.8. The third kappa shape index (κ3) is 7.72. The number of hydrogen-bond donors (Lipinski definition) is 4. The van der Waals surface area contributed by atoms with Gasteiger partial charge in [0.25, 0.3) is 0 Å². The van der Waals surface area contributed by atoms with Gasteiger partial charge in [0.15, 0.2) is 0 Å². The minimum absolute atomic E-state index is 0.0724. The normalized spacial score (nSPS) is 21.9. The number of amides is 3. The van der Waals surface area contributed by atoms with Crippen molar-refractivity contribution in [1.29, 1.82) is 0 Å². The summed E-state index contributed by atoms with van der Waals surface area (Å²) < 4.78 is 35.7. The van der Waals surface area contributed by atoms with Crippen LogP contribution < -0.4 is 20.7 Å². The van der Waals surface area contributed by atoms with Crippen LogP contribution in [0.5, 0.6) is 0 Å². The van der Waals surface area contributed by atoms with Crippen molar-refractivity contribution in [3.05, 3.63) is 65.3 Å². The molecule has 0 radical (unpaired) electrons. The van der Waals surface area contributed by atoms with Crippen LogP contribution in [-0.2, 0) is 20.2 Å². The van der Waals surface area contributed by atoms with Gasteiger partial charge in [-0.05, 0) is 97.8 Å². The number of carbonyl (C=O) groups excluding carboxylic acids is 2. The standard InChI is InChI=1S/C34H45N5O5S2/c1-22(2)44-31(41)38-34-17-14-33(15-18-34,16-19-34)29-35-21-27(45-29)26-13-12-25(20-28(26)46(42,43)39-32(4,5)6)37-30(40)36-23(3)24-10-8-7-9-11-24/h7-13,20-23,39H,14-19H2,1-6H3,(H,38,41)(H2,36,37,40)/t23-,33?,34?/m1/s1. The summed E-state index contributed by atoms with van der Waals surface area (Å²) >= 11 is 1.52. The van der Waals surface area contributed by atoms with Gasteiger partial charge in [-0.15, -0.1) is 11.3 Å². The van der Waals surface area contributed by atoms with Crippen LogP contribution in [0.25, 0.3) is 10.4 Å². The summed E-state index contributed by atoms with van der Waals surface area (Å²) in [5.41, 5.74) is 0.774. The Bertz CT molecular complexity index is 1660. The van der Waals surface area contributed by atoms with Gasteiger partial charge in [-0.3, -0.25) is 0 Å². The highest BCUT2D eigenvalue weighted by Crippen LogP contribution is 2.55. The Morgan fingerprint density at radius 2 is 1.61 bits per heavy atom. The number of carbonyl (C=O) groups is 2. The lowest BCUT2D eigenvalue weighted by Crippen LogP contribution is -2.58. The van der Waals surface area contributed by atoms with E-state index in [-0.39, 0.29) is 34.1 Å². The van der Waals surface area contributed by atoms with Crippen LogP contribution in [0.3, 0.4) is 0 Å². The second-order valence-electron chi connectivity index (χ2n) is 14.0. The lowest BCUT2D eigenvalue weighted by Gasteiger charge is -2.52. The van der Waals surface area contributed by atoms with Crippen molar-refractivity contribution in [2.75, 3.05) is 5.32 Å². The first-order valence-corrected chi connectivity index (χ1v) is 18.1. The van der Waals surface area contributed by atoms with E-state index in [2.05, 4.69) is 20.7 Å². The highest BCUT2D eigenvalue weighted by atomic mass is 32.2. The lowest BCUT2D eigenvalue weighted by molar-refractivity contribution is 0.0560. The predicted octanol–water partition coefficient (Wildman–Crippen LogP) is 7.25. The first-order valence-electron chi connectivity index (χ1n) is 15.8. The monoisotopic (exact) mass is 667 g/mol. The van der Waals surface area contributed by atoms with E-state index in [0.717, 1.165) is 54.0 Å². The fourth-order valence-corrected chi connectivity index (χ4v) is 9.43. The number of nitrogens with zero attached hydrogens (tertiary/aromatic N) is 1. The number of aromatic nitrogens is 1. The fourth-order valence-electron chi connectivity index (χ4n) is 6.47. The molecule has 0 aliphatic heterocycles. The van der Waals surface area contributed by atoms with Gasteiger partial charge in [-0.2, -0.15) is 0 Å². The molecule has 10 nitrogen and oxygen atoms in total. The molecule has 3 fully saturated rings. The minimum atomic E-state index is -3.97. The van der Waals surface area contributed by atoms with Crippen LogP contribution in [0, 0.1) is 0 Å². The number of thiazole rings is 1. The molecule has 3 aliphatic carbocycles. The van der Waals surface area contributed by atoms with Crippen molar-refractivity contribution in [3.63, 3.8) is 0 Å². The quantitative estimate of drug-likeness (QED) is 0.190. The maximum absolute atomic E-state index is 13.8. The van der Waals surface area contributed by atoms with Gasteiger partial charge in [0.2, 0.25) is 10.0 Å². The molecule has 3 amide bonds. The number of hydrogen-bond acceptors (Lipinski definition) is 7. The van der Waals surface area contributed by atoms with Gasteiger partial charge in [0.05, 0.1) is 26.9 Å². The number of alkyl carbamates (subject to hydrolysis) is 1. The zero-order chi connectivity index (χ0) is 33.3. The molecule has 2 aromatic carbocycles. The SMILES string of the molecule is CC(C)OC(=O)NC12CCC(c3ncc(-c4ccc(NC(=O)N[C@H](C)c5ccccc5)cc4S(=O)(=O)NC(C)(C)C)s3)(CC1)CC2. The molecule has 3 aromatic rings. The van der Waals surface area contributed by atoms with E-state index in [4.69, 9.17) is 9.72 Å². The molecule has 6 rings (SSSR count). The van der Waals surface area contributed by atoms with E-state index < -0.39 is 21.6 Å². The molecule has 0 saturated heterocycles. The van der Waals surface area contributed by atoms with Crippen LogP contribution in [0.15, 0.2) is 59.6 Å². The Morgan fingerprint density at radius 3 is 2.22 bits per heavy atom. The number of nitrogens with one attached hydrogen (secondary N) is 4. The van der Waals surface area contributed by atoms with Gasteiger partial charge in [0.1, 0.15) is 0 Å². The number of anilines is 1. The van der Waals surface area contributed by atoms with Crippen molar-refractivity contribution in [2.45, 2.75) is 114 Å². The molecule has 2 bridgehead atoms. The third-order valence-electron chi connectivity index (χ3n) is 8.80. The van der Waals surface area contributed by atoms with Crippen LogP contribution in [0.4, 0.5) is 15.3 Å². The van der Waals surface area contributed by atoms with E-state index >= 15 is 0 Å². The van der Waals surface area contributed by atoms with Gasteiger partial charge in [-0.1, -0.05) is 36.4 Å². The number of urea groups is 1. The topological polar surface area (TPSA) is 139 Å². The smallest absolute Gasteiger partial charge is 0.407 e. The summed E-state index contributed by atoms with van der Waals surface area (Å²) in [5, 5.41) is 9.85. The number of rotatable bonds is 9. The molecule has 1 aromatic heterocycles. The summed E-state index contributed by atoms with van der Waals surface area (Å²) in [7, 11) is -3.97. The second-order valence-corrected chi connectivity index (χ2v) is 16.6. The lowest BCUT2D eigenvalue weighted by atomic mass is 9.57. The minimum Gasteiger partial charge on any atom is -0.447 e. The van der Waals surface area contributed by atoms with Crippen LogP contribution in [0.2, 0.25) is 0 Å². The average molecular weight is 668 g/mol. The summed E-state index contributed by atoms with van der Waals surface area (Å²) in [6, 6.07) is 13.9. The summed E-state index contributed by atoms with van der Waals surface area (Å²) in [6.45, 7) is 10.9. The predicted molar refractivity (Wildman–Crippen MR) is 181 cm³/mol. The summed E-state index contributed by atoms with van der Waals surface area (Å²) in [5.74, 6) is 0. The molecule has 1 heterocycles. The van der Waals surface area contributed by atoms with Gasteiger partial charge >= 0.3 is 12.1 Å². The Kier molecular flexibility index (Phi) is 9.54. The van der Waals surface area contributed by atoms with E-state index in [1.807, 2.05) is 51.1 Å². The molecule has 0 unspecified atom stereocenters. The van der Waals surface area contributed by atoms with E-state index in [9.17, 15) is 18.0 Å². The third-order valence-corrected chi connectivity index (χ3v) is 11.9. The average Bonchev–Trinajstić information content (AvgIpc) is 3.48. The molecule has 3 aliphatic rings. The number of fused-ring (bicyclic) bond motifs is 3. The molecule has 4 N–H and O–H groups in total. The van der Waals surface area contributed by atoms with Crippen molar-refractivity contribution in [3.8, 4) is 10.4 Å². The number of benzene rings is 2. The van der Waals surface area contributed by atoms with Crippen molar-refractivity contribution < 1.29 is 22.7 Å². The van der Waals surface area contributed by atoms with E-state index in [0.29, 0.717) is 11.3 Å². The maximum Gasteiger partial charge on any atom is 0.407 e. The summed E-state index contributed by atoms with van der Waals surface area (Å²) in [4.78, 5) is 30.9. The Hall–Kier alpha value is -3.48. The van der Waals surface area contributed by atoms with E-state index in [1.165, 1.54) is 17.4 Å². The second kappa shape index (κ2) is 13.0.